The lowest BCUT2D eigenvalue weighted by molar-refractivity contribution is -0.385. The summed E-state index contributed by atoms with van der Waals surface area (Å²) < 4.78 is 0. The van der Waals surface area contributed by atoms with Crippen LogP contribution in [0.2, 0.25) is 0 Å². The molecule has 23 heavy (non-hydrogen) atoms. The Morgan fingerprint density at radius 3 is 2.52 bits per heavy atom. The molecule has 0 saturated heterocycles. The summed E-state index contributed by atoms with van der Waals surface area (Å²) in [6.07, 6.45) is 2.09. The van der Waals surface area contributed by atoms with Crippen molar-refractivity contribution in [1.29, 1.82) is 0 Å². The number of nitro benzene ring substituents is 1. The van der Waals surface area contributed by atoms with Crippen LogP contribution in [0.4, 0.5) is 5.69 Å². The zero-order chi connectivity index (χ0) is 16.4. The molecular formula is C18H18N2O3. The minimum absolute atomic E-state index is 0.0214. The Labute approximate surface area is 134 Å². The highest BCUT2D eigenvalue weighted by Gasteiger charge is 2.44. The summed E-state index contributed by atoms with van der Waals surface area (Å²) in [7, 11) is 0. The number of aryl methyl sites for hydroxylation is 1. The first-order chi connectivity index (χ1) is 11.0. The smallest absolute Gasteiger partial charge is 0.273 e. The van der Waals surface area contributed by atoms with Gasteiger partial charge in [-0.2, -0.15) is 0 Å². The number of nitro groups is 1. The van der Waals surface area contributed by atoms with Gasteiger partial charge in [-0.25, -0.2) is 0 Å². The van der Waals surface area contributed by atoms with Crippen LogP contribution in [0.3, 0.4) is 0 Å². The Morgan fingerprint density at radius 2 is 1.91 bits per heavy atom. The minimum Gasteiger partial charge on any atom is -0.351 e. The third kappa shape index (κ3) is 3.08. The fourth-order valence-corrected chi connectivity index (χ4v) is 2.81. The molecule has 1 aliphatic carbocycles. The molecule has 2 aromatic carbocycles. The molecule has 0 atom stereocenters. The first-order valence-corrected chi connectivity index (χ1v) is 7.61. The van der Waals surface area contributed by atoms with Gasteiger partial charge in [0.05, 0.1) is 4.92 Å². The van der Waals surface area contributed by atoms with Crippen molar-refractivity contribution >= 4 is 11.6 Å². The van der Waals surface area contributed by atoms with Crippen molar-refractivity contribution in [2.24, 2.45) is 0 Å². The van der Waals surface area contributed by atoms with E-state index in [0.29, 0.717) is 17.7 Å². The predicted octanol–water partition coefficient (Wildman–Crippen LogP) is 3.36. The molecule has 5 nitrogen and oxygen atoms in total. The fraction of sp³-hybridized carbons (Fsp3) is 0.278. The van der Waals surface area contributed by atoms with E-state index in [2.05, 4.69) is 17.4 Å². The molecule has 0 heterocycles. The maximum Gasteiger partial charge on any atom is 0.273 e. The Morgan fingerprint density at radius 1 is 1.22 bits per heavy atom. The highest BCUT2D eigenvalue weighted by molar-refractivity contribution is 5.95. The van der Waals surface area contributed by atoms with Crippen molar-refractivity contribution in [3.8, 4) is 0 Å². The second kappa shape index (κ2) is 5.83. The average molecular weight is 310 g/mol. The number of nitrogens with zero attached hydrogens (tertiary/aromatic N) is 1. The summed E-state index contributed by atoms with van der Waals surface area (Å²) in [5.74, 6) is -0.268. The zero-order valence-electron chi connectivity index (χ0n) is 12.9. The Hall–Kier alpha value is -2.69. The predicted molar refractivity (Wildman–Crippen MR) is 87.5 cm³/mol. The molecule has 2 aromatic rings. The van der Waals surface area contributed by atoms with E-state index >= 15 is 0 Å². The Bertz CT molecular complexity index is 752. The number of rotatable bonds is 5. The average Bonchev–Trinajstić information content (AvgIpc) is 3.35. The van der Waals surface area contributed by atoms with Crippen molar-refractivity contribution in [2.75, 3.05) is 6.54 Å². The van der Waals surface area contributed by atoms with Crippen LogP contribution in [-0.4, -0.2) is 17.4 Å². The van der Waals surface area contributed by atoms with Gasteiger partial charge < -0.3 is 5.32 Å². The van der Waals surface area contributed by atoms with Crippen molar-refractivity contribution in [2.45, 2.75) is 25.2 Å². The highest BCUT2D eigenvalue weighted by atomic mass is 16.6. The standard InChI is InChI=1S/C18H18N2O3/c1-13-7-8-14(11-16(13)20(22)23)17(21)19-12-18(9-10-18)15-5-3-2-4-6-15/h2-8,11H,9-10,12H2,1H3,(H,19,21). The minimum atomic E-state index is -0.460. The number of carbonyl (C=O) groups excluding carboxylic acids is 1. The normalized spacial score (nSPS) is 15.0. The van der Waals surface area contributed by atoms with Crippen LogP contribution in [0.15, 0.2) is 48.5 Å². The second-order valence-electron chi connectivity index (χ2n) is 6.09. The van der Waals surface area contributed by atoms with Gasteiger partial charge in [0.1, 0.15) is 0 Å². The van der Waals surface area contributed by atoms with Crippen molar-refractivity contribution < 1.29 is 9.72 Å². The SMILES string of the molecule is Cc1ccc(C(=O)NCC2(c3ccccc3)CC2)cc1[N+](=O)[O-]. The van der Waals surface area contributed by atoms with E-state index in [-0.39, 0.29) is 17.0 Å². The monoisotopic (exact) mass is 310 g/mol. The zero-order valence-corrected chi connectivity index (χ0v) is 12.9. The van der Waals surface area contributed by atoms with Gasteiger partial charge in [-0.15, -0.1) is 0 Å². The first-order valence-electron chi connectivity index (χ1n) is 7.61. The number of carbonyl (C=O) groups is 1. The van der Waals surface area contributed by atoms with Crippen molar-refractivity contribution in [3.63, 3.8) is 0 Å². The topological polar surface area (TPSA) is 72.2 Å². The Kier molecular flexibility index (Phi) is 3.86. The molecule has 1 N–H and O–H groups in total. The number of benzene rings is 2. The molecule has 1 amide bonds. The van der Waals surface area contributed by atoms with Crippen LogP contribution in [-0.2, 0) is 5.41 Å². The van der Waals surface area contributed by atoms with Crippen LogP contribution in [0, 0.1) is 17.0 Å². The maximum atomic E-state index is 12.3. The number of nitrogens with one attached hydrogen (secondary N) is 1. The van der Waals surface area contributed by atoms with Gasteiger partial charge in [0, 0.05) is 29.2 Å². The molecule has 1 aliphatic rings. The number of hydrogen-bond acceptors (Lipinski definition) is 3. The summed E-state index contributed by atoms with van der Waals surface area (Å²) in [4.78, 5) is 22.8. The van der Waals surface area contributed by atoms with Crippen LogP contribution in [0.5, 0.6) is 0 Å². The lowest BCUT2D eigenvalue weighted by Gasteiger charge is -2.16. The van der Waals surface area contributed by atoms with Crippen molar-refractivity contribution in [3.05, 3.63) is 75.3 Å². The van der Waals surface area contributed by atoms with Crippen LogP contribution < -0.4 is 5.32 Å². The van der Waals surface area contributed by atoms with Crippen LogP contribution >= 0.6 is 0 Å². The summed E-state index contributed by atoms with van der Waals surface area (Å²) in [5, 5.41) is 13.9. The number of hydrogen-bond donors (Lipinski definition) is 1. The van der Waals surface area contributed by atoms with Gasteiger partial charge in [-0.05, 0) is 31.4 Å². The fourth-order valence-electron chi connectivity index (χ4n) is 2.81. The van der Waals surface area contributed by atoms with Gasteiger partial charge in [0.15, 0.2) is 0 Å². The van der Waals surface area contributed by atoms with E-state index in [4.69, 9.17) is 0 Å². The third-order valence-electron chi connectivity index (χ3n) is 4.50. The van der Waals surface area contributed by atoms with E-state index in [9.17, 15) is 14.9 Å². The maximum absolute atomic E-state index is 12.3. The molecule has 0 spiro atoms. The lowest BCUT2D eigenvalue weighted by Crippen LogP contribution is -2.32. The van der Waals surface area contributed by atoms with E-state index in [1.54, 1.807) is 19.1 Å². The molecule has 0 bridgehead atoms. The van der Waals surface area contributed by atoms with Gasteiger partial charge >= 0.3 is 0 Å². The van der Waals surface area contributed by atoms with E-state index < -0.39 is 4.92 Å². The molecule has 0 aliphatic heterocycles. The van der Waals surface area contributed by atoms with Gasteiger partial charge in [-0.3, -0.25) is 14.9 Å². The molecule has 0 aromatic heterocycles. The van der Waals surface area contributed by atoms with Crippen molar-refractivity contribution in [1.82, 2.24) is 5.32 Å². The summed E-state index contributed by atoms with van der Waals surface area (Å²) in [5.41, 5.74) is 2.10. The van der Waals surface area contributed by atoms with Crippen LogP contribution in [0.1, 0.15) is 34.3 Å². The molecule has 0 radical (unpaired) electrons. The second-order valence-corrected chi connectivity index (χ2v) is 6.09. The largest absolute Gasteiger partial charge is 0.351 e. The van der Waals surface area contributed by atoms with Gasteiger partial charge in [0.25, 0.3) is 11.6 Å². The number of amides is 1. The molecule has 1 fully saturated rings. The van der Waals surface area contributed by atoms with Gasteiger partial charge in [-0.1, -0.05) is 36.4 Å². The van der Waals surface area contributed by atoms with Crippen LogP contribution in [0.25, 0.3) is 0 Å². The molecule has 5 heteroatoms. The van der Waals surface area contributed by atoms with E-state index in [1.165, 1.54) is 11.6 Å². The molecular weight excluding hydrogens is 292 g/mol. The molecule has 118 valence electrons. The van der Waals surface area contributed by atoms with E-state index in [0.717, 1.165) is 12.8 Å². The quantitative estimate of drug-likeness (QED) is 0.680. The highest BCUT2D eigenvalue weighted by Crippen LogP contribution is 2.47. The molecule has 0 unspecified atom stereocenters. The first kappa shape index (κ1) is 15.2. The third-order valence-corrected chi connectivity index (χ3v) is 4.50. The molecule has 1 saturated carbocycles. The summed E-state index contributed by atoms with van der Waals surface area (Å²) in [6, 6.07) is 14.7. The van der Waals surface area contributed by atoms with Gasteiger partial charge in [0.2, 0.25) is 0 Å². The molecule has 3 rings (SSSR count). The van der Waals surface area contributed by atoms with E-state index in [1.807, 2.05) is 18.2 Å². The summed E-state index contributed by atoms with van der Waals surface area (Å²) >= 11 is 0. The summed E-state index contributed by atoms with van der Waals surface area (Å²) in [6.45, 7) is 2.21. The Balaban J connectivity index is 1.71. The lowest BCUT2D eigenvalue weighted by atomic mass is 9.96.